The van der Waals surface area contributed by atoms with Crippen LogP contribution in [0.5, 0.6) is 5.75 Å². The number of hydrogen-bond acceptors (Lipinski definition) is 3. The molecule has 0 fully saturated rings. The second-order valence-corrected chi connectivity index (χ2v) is 9.30. The van der Waals surface area contributed by atoms with Crippen LogP contribution in [-0.2, 0) is 24.2 Å². The van der Waals surface area contributed by atoms with Gasteiger partial charge in [-0.2, -0.15) is 0 Å². The molecule has 1 N–H and O–H groups in total. The average molecular weight is 510 g/mol. The lowest BCUT2D eigenvalue weighted by atomic mass is 10.1. The fraction of sp³-hybridized carbons (Fsp3) is 0.286. The predicted octanol–water partition coefficient (Wildman–Crippen LogP) is 6.47. The van der Waals surface area contributed by atoms with Crippen molar-refractivity contribution in [3.63, 3.8) is 0 Å². The van der Waals surface area contributed by atoms with Crippen LogP contribution in [0.3, 0.4) is 0 Å². The summed E-state index contributed by atoms with van der Waals surface area (Å²) in [7, 11) is 1.63. The molecule has 1 amide bonds. The summed E-state index contributed by atoms with van der Waals surface area (Å²) >= 11 is 12.9. The molecule has 0 aliphatic carbocycles. The van der Waals surface area contributed by atoms with Gasteiger partial charge in [-0.3, -0.25) is 4.79 Å². The number of para-hydroxylation sites is 2. The Morgan fingerprint density at radius 3 is 2.43 bits per heavy atom. The van der Waals surface area contributed by atoms with E-state index in [-0.39, 0.29) is 5.91 Å². The van der Waals surface area contributed by atoms with Crippen molar-refractivity contribution in [3.8, 4) is 5.75 Å². The first kappa shape index (κ1) is 25.1. The smallest absolute Gasteiger partial charge is 0.224 e. The number of unbranched alkanes of at least 4 members (excludes halogenated alkanes) is 2. The van der Waals surface area contributed by atoms with Crippen LogP contribution in [0.2, 0.25) is 10.0 Å². The number of fused-ring (bicyclic) bond motifs is 1. The summed E-state index contributed by atoms with van der Waals surface area (Å²) in [5, 5.41) is 4.33. The van der Waals surface area contributed by atoms with E-state index in [1.54, 1.807) is 7.11 Å². The highest BCUT2D eigenvalue weighted by Crippen LogP contribution is 2.28. The summed E-state index contributed by atoms with van der Waals surface area (Å²) in [5.41, 5.74) is 3.92. The number of benzene rings is 3. The minimum absolute atomic E-state index is 0.0357. The number of rotatable bonds is 11. The molecular formula is C28H29Cl2N3O2. The predicted molar refractivity (Wildman–Crippen MR) is 143 cm³/mol. The largest absolute Gasteiger partial charge is 0.497 e. The van der Waals surface area contributed by atoms with Crippen molar-refractivity contribution >= 4 is 40.1 Å². The molecule has 4 aromatic rings. The molecule has 0 atom stereocenters. The van der Waals surface area contributed by atoms with Gasteiger partial charge in [-0.25, -0.2) is 4.98 Å². The lowest BCUT2D eigenvalue weighted by molar-refractivity contribution is -0.120. The van der Waals surface area contributed by atoms with E-state index in [2.05, 4.69) is 16.0 Å². The van der Waals surface area contributed by atoms with Crippen LogP contribution in [0.4, 0.5) is 0 Å². The maximum atomic E-state index is 12.2. The molecule has 7 heteroatoms. The van der Waals surface area contributed by atoms with Crippen molar-refractivity contribution in [2.24, 2.45) is 0 Å². The van der Waals surface area contributed by atoms with Gasteiger partial charge in [0.15, 0.2) is 0 Å². The third-order valence-electron chi connectivity index (χ3n) is 6.03. The number of methoxy groups -OCH3 is 1. The lowest BCUT2D eigenvalue weighted by Crippen LogP contribution is -2.26. The van der Waals surface area contributed by atoms with Crippen molar-refractivity contribution < 1.29 is 9.53 Å². The number of halogens is 2. The highest BCUT2D eigenvalue weighted by atomic mass is 35.5. The van der Waals surface area contributed by atoms with Crippen LogP contribution in [0.15, 0.2) is 66.7 Å². The molecule has 0 saturated carbocycles. The molecule has 1 heterocycles. The molecule has 0 radical (unpaired) electrons. The van der Waals surface area contributed by atoms with Crippen molar-refractivity contribution in [3.05, 3.63) is 93.7 Å². The second-order valence-electron chi connectivity index (χ2n) is 8.49. The standard InChI is InChI=1S/C28H29Cl2N3O2/c1-35-21-15-13-20(14-16-21)18-28(34)31-17-6-2-3-12-27-32-25-10-4-5-11-26(25)33(27)19-22-23(29)8-7-9-24(22)30/h4-5,7-11,13-16H,2-3,6,12,17-19H2,1H3,(H,31,34). The van der Waals surface area contributed by atoms with E-state index in [0.29, 0.717) is 29.6 Å². The van der Waals surface area contributed by atoms with E-state index in [1.807, 2.05) is 60.7 Å². The topological polar surface area (TPSA) is 56.1 Å². The van der Waals surface area contributed by atoms with Crippen LogP contribution in [-0.4, -0.2) is 29.1 Å². The molecule has 0 saturated heterocycles. The van der Waals surface area contributed by atoms with Gasteiger partial charge in [-0.05, 0) is 54.8 Å². The first-order chi connectivity index (χ1) is 17.0. The minimum Gasteiger partial charge on any atom is -0.497 e. The highest BCUT2D eigenvalue weighted by molar-refractivity contribution is 6.36. The number of aryl methyl sites for hydroxylation is 1. The Balaban J connectivity index is 1.29. The molecule has 0 bridgehead atoms. The lowest BCUT2D eigenvalue weighted by Gasteiger charge is -2.12. The number of nitrogens with one attached hydrogen (secondary N) is 1. The van der Waals surface area contributed by atoms with Gasteiger partial charge in [-0.1, -0.05) is 60.0 Å². The Hall–Kier alpha value is -3.02. The van der Waals surface area contributed by atoms with E-state index in [0.717, 1.165) is 59.4 Å². The van der Waals surface area contributed by atoms with Gasteiger partial charge in [0.1, 0.15) is 11.6 Å². The van der Waals surface area contributed by atoms with E-state index >= 15 is 0 Å². The van der Waals surface area contributed by atoms with E-state index < -0.39 is 0 Å². The fourth-order valence-electron chi connectivity index (χ4n) is 4.14. The van der Waals surface area contributed by atoms with Gasteiger partial charge in [0.2, 0.25) is 5.91 Å². The zero-order valence-electron chi connectivity index (χ0n) is 19.8. The Kier molecular flexibility index (Phi) is 8.67. The molecule has 0 aliphatic heterocycles. The van der Waals surface area contributed by atoms with Crippen molar-refractivity contribution in [1.29, 1.82) is 0 Å². The first-order valence-electron chi connectivity index (χ1n) is 11.8. The number of aromatic nitrogens is 2. The molecule has 0 aliphatic rings. The highest BCUT2D eigenvalue weighted by Gasteiger charge is 2.14. The Morgan fingerprint density at radius 1 is 0.943 bits per heavy atom. The van der Waals surface area contributed by atoms with Gasteiger partial charge in [-0.15, -0.1) is 0 Å². The fourth-order valence-corrected chi connectivity index (χ4v) is 4.66. The third kappa shape index (κ3) is 6.56. The molecule has 0 spiro atoms. The molecule has 0 unspecified atom stereocenters. The van der Waals surface area contributed by atoms with Gasteiger partial charge in [0, 0.05) is 28.6 Å². The van der Waals surface area contributed by atoms with Crippen LogP contribution < -0.4 is 10.1 Å². The van der Waals surface area contributed by atoms with Crippen LogP contribution in [0, 0.1) is 0 Å². The van der Waals surface area contributed by atoms with Crippen molar-refractivity contribution in [1.82, 2.24) is 14.9 Å². The maximum absolute atomic E-state index is 12.2. The SMILES string of the molecule is COc1ccc(CC(=O)NCCCCCc2nc3ccccc3n2Cc2c(Cl)cccc2Cl)cc1. The van der Waals surface area contributed by atoms with Gasteiger partial charge in [0.25, 0.3) is 0 Å². The zero-order valence-corrected chi connectivity index (χ0v) is 21.3. The van der Waals surface area contributed by atoms with Crippen LogP contribution in [0.1, 0.15) is 36.2 Å². The zero-order chi connectivity index (χ0) is 24.6. The molecule has 5 nitrogen and oxygen atoms in total. The van der Waals surface area contributed by atoms with Gasteiger partial charge in [0.05, 0.1) is 31.1 Å². The molecular weight excluding hydrogens is 481 g/mol. The summed E-state index contributed by atoms with van der Waals surface area (Å²) in [6, 6.07) is 21.3. The Bertz CT molecular complexity index is 1270. The quantitative estimate of drug-likeness (QED) is 0.235. The van der Waals surface area contributed by atoms with E-state index in [9.17, 15) is 4.79 Å². The summed E-state index contributed by atoms with van der Waals surface area (Å²) in [6.07, 6.45) is 4.12. The number of ether oxygens (including phenoxy) is 1. The Morgan fingerprint density at radius 2 is 1.69 bits per heavy atom. The minimum atomic E-state index is 0.0357. The number of imidazole rings is 1. The van der Waals surface area contributed by atoms with Gasteiger partial charge < -0.3 is 14.6 Å². The summed E-state index contributed by atoms with van der Waals surface area (Å²) < 4.78 is 7.36. The molecule has 1 aromatic heterocycles. The Labute approximate surface area is 216 Å². The summed E-state index contributed by atoms with van der Waals surface area (Å²) in [4.78, 5) is 17.1. The number of carbonyl (C=O) groups is 1. The number of amides is 1. The molecule has 4 rings (SSSR count). The normalized spacial score (nSPS) is 11.1. The number of nitrogens with zero attached hydrogens (tertiary/aromatic N) is 2. The molecule has 35 heavy (non-hydrogen) atoms. The number of hydrogen-bond donors (Lipinski definition) is 1. The summed E-state index contributed by atoms with van der Waals surface area (Å²) in [5.74, 6) is 1.84. The molecule has 182 valence electrons. The van der Waals surface area contributed by atoms with Crippen LogP contribution in [0.25, 0.3) is 11.0 Å². The maximum Gasteiger partial charge on any atom is 0.224 e. The monoisotopic (exact) mass is 509 g/mol. The number of carbonyl (C=O) groups excluding carboxylic acids is 1. The average Bonchev–Trinajstić information content (AvgIpc) is 3.21. The van der Waals surface area contributed by atoms with E-state index in [1.165, 1.54) is 0 Å². The van der Waals surface area contributed by atoms with Crippen molar-refractivity contribution in [2.75, 3.05) is 13.7 Å². The molecule has 3 aromatic carbocycles. The van der Waals surface area contributed by atoms with Gasteiger partial charge >= 0.3 is 0 Å². The third-order valence-corrected chi connectivity index (χ3v) is 6.74. The van der Waals surface area contributed by atoms with E-state index in [4.69, 9.17) is 32.9 Å². The second kappa shape index (κ2) is 12.1. The van der Waals surface area contributed by atoms with Crippen molar-refractivity contribution in [2.45, 2.75) is 38.6 Å². The van der Waals surface area contributed by atoms with Crippen LogP contribution >= 0.6 is 23.2 Å². The first-order valence-corrected chi connectivity index (χ1v) is 12.6. The summed E-state index contributed by atoms with van der Waals surface area (Å²) in [6.45, 7) is 1.25.